The molecule has 0 aromatic rings. The third kappa shape index (κ3) is 2.59. The summed E-state index contributed by atoms with van der Waals surface area (Å²) in [4.78, 5) is 0. The number of hydrogen-bond acceptors (Lipinski definition) is 2. The molecule has 0 saturated heterocycles. The van der Waals surface area contributed by atoms with E-state index in [4.69, 9.17) is 10.4 Å². The first-order chi connectivity index (χ1) is 3.85. The van der Waals surface area contributed by atoms with Crippen molar-refractivity contribution in [3.05, 3.63) is 5.92 Å². The van der Waals surface area contributed by atoms with Crippen LogP contribution in [0.4, 0.5) is 0 Å². The number of nitriles is 1. The molecule has 0 unspecified atom stereocenters. The van der Waals surface area contributed by atoms with Crippen molar-refractivity contribution in [2.75, 3.05) is 6.61 Å². The molecule has 45 valence electrons. The Bertz CT molecular complexity index is 85.0. The lowest BCUT2D eigenvalue weighted by molar-refractivity contribution is 0.293. The third-order valence-electron chi connectivity index (χ3n) is 0.998. The molecule has 0 rings (SSSR count). The summed E-state index contributed by atoms with van der Waals surface area (Å²) in [6.45, 7) is 2.00. The quantitative estimate of drug-likeness (QED) is 0.589. The van der Waals surface area contributed by atoms with Crippen LogP contribution in [0.5, 0.6) is 0 Å². The SMILES string of the molecule is CC[C](C#N)CCO. The Kier molecular flexibility index (Phi) is 4.29. The standard InChI is InChI=1S/C6H10NO/c1-2-6(5-7)3-4-8/h8H,2-4H2,1H3. The molecule has 0 spiro atoms. The van der Waals surface area contributed by atoms with E-state index in [-0.39, 0.29) is 6.61 Å². The topological polar surface area (TPSA) is 44.0 Å². The van der Waals surface area contributed by atoms with E-state index < -0.39 is 0 Å². The molecule has 0 aromatic heterocycles. The molecule has 2 nitrogen and oxygen atoms in total. The summed E-state index contributed by atoms with van der Waals surface area (Å²) in [5.41, 5.74) is 0. The molecule has 0 aliphatic heterocycles. The monoisotopic (exact) mass is 112 g/mol. The van der Waals surface area contributed by atoms with Crippen LogP contribution in [0.3, 0.4) is 0 Å². The number of aliphatic hydroxyl groups excluding tert-OH is 1. The highest BCUT2D eigenvalue weighted by Gasteiger charge is 2.01. The Morgan fingerprint density at radius 3 is 2.50 bits per heavy atom. The molecule has 0 saturated carbocycles. The zero-order chi connectivity index (χ0) is 6.41. The minimum Gasteiger partial charge on any atom is -0.396 e. The van der Waals surface area contributed by atoms with Gasteiger partial charge in [0.05, 0.1) is 12.0 Å². The van der Waals surface area contributed by atoms with Crippen LogP contribution >= 0.6 is 0 Å². The van der Waals surface area contributed by atoms with E-state index in [1.165, 1.54) is 0 Å². The van der Waals surface area contributed by atoms with E-state index in [2.05, 4.69) is 0 Å². The van der Waals surface area contributed by atoms with Gasteiger partial charge in [0.2, 0.25) is 0 Å². The number of nitrogens with zero attached hydrogens (tertiary/aromatic N) is 1. The van der Waals surface area contributed by atoms with Crippen molar-refractivity contribution in [2.45, 2.75) is 19.8 Å². The van der Waals surface area contributed by atoms with Crippen LogP contribution in [0.1, 0.15) is 19.8 Å². The summed E-state index contributed by atoms with van der Waals surface area (Å²) in [5, 5.41) is 16.6. The number of rotatable bonds is 3. The second kappa shape index (κ2) is 4.61. The largest absolute Gasteiger partial charge is 0.396 e. The highest BCUT2D eigenvalue weighted by atomic mass is 16.3. The number of aliphatic hydroxyl groups is 1. The zero-order valence-electron chi connectivity index (χ0n) is 5.02. The summed E-state index contributed by atoms with van der Waals surface area (Å²) in [6, 6.07) is 2.01. The molecule has 0 aromatic carbocycles. The Morgan fingerprint density at radius 2 is 2.38 bits per heavy atom. The van der Waals surface area contributed by atoms with E-state index >= 15 is 0 Å². The average Bonchev–Trinajstić information content (AvgIpc) is 1.83. The maximum absolute atomic E-state index is 8.33. The van der Waals surface area contributed by atoms with Gasteiger partial charge in [-0.3, -0.25) is 0 Å². The third-order valence-corrected chi connectivity index (χ3v) is 0.998. The first-order valence-electron chi connectivity index (χ1n) is 2.70. The molecule has 8 heavy (non-hydrogen) atoms. The minimum absolute atomic E-state index is 0.0940. The molecule has 1 N–H and O–H groups in total. The number of hydrogen-bond donors (Lipinski definition) is 1. The first-order valence-corrected chi connectivity index (χ1v) is 2.70. The summed E-state index contributed by atoms with van der Waals surface area (Å²) < 4.78 is 0. The van der Waals surface area contributed by atoms with Gasteiger partial charge in [-0.2, -0.15) is 5.26 Å². The van der Waals surface area contributed by atoms with Gasteiger partial charge in [-0.1, -0.05) is 6.92 Å². The van der Waals surface area contributed by atoms with Crippen molar-refractivity contribution in [3.63, 3.8) is 0 Å². The molecular weight excluding hydrogens is 102 g/mol. The van der Waals surface area contributed by atoms with Gasteiger partial charge in [0.1, 0.15) is 0 Å². The summed E-state index contributed by atoms with van der Waals surface area (Å²) in [7, 11) is 0. The van der Waals surface area contributed by atoms with Crippen molar-refractivity contribution in [1.82, 2.24) is 0 Å². The molecule has 1 radical (unpaired) electrons. The highest BCUT2D eigenvalue weighted by molar-refractivity contribution is 5.09. The summed E-state index contributed by atoms with van der Waals surface area (Å²) >= 11 is 0. The normalized spacial score (nSPS) is 9.25. The van der Waals surface area contributed by atoms with Crippen LogP contribution < -0.4 is 0 Å². The Hall–Kier alpha value is -0.550. The maximum atomic E-state index is 8.33. The summed E-state index contributed by atoms with van der Waals surface area (Å²) in [6.07, 6.45) is 1.30. The molecule has 0 bridgehead atoms. The molecule has 0 aliphatic rings. The molecule has 0 fully saturated rings. The van der Waals surface area contributed by atoms with Crippen molar-refractivity contribution >= 4 is 0 Å². The van der Waals surface area contributed by atoms with E-state index in [1.807, 2.05) is 13.0 Å². The predicted octanol–water partition coefficient (Wildman–Crippen LogP) is 0.877. The molecule has 0 heterocycles. The van der Waals surface area contributed by atoms with E-state index in [1.54, 1.807) is 0 Å². The molecule has 0 aliphatic carbocycles. The van der Waals surface area contributed by atoms with Crippen LogP contribution in [0.25, 0.3) is 0 Å². The van der Waals surface area contributed by atoms with E-state index in [0.717, 1.165) is 12.3 Å². The molecule has 2 heteroatoms. The molecular formula is C6H10NO. The van der Waals surface area contributed by atoms with Crippen LogP contribution in [-0.2, 0) is 0 Å². The van der Waals surface area contributed by atoms with Crippen LogP contribution in [0, 0.1) is 17.2 Å². The molecule has 0 amide bonds. The van der Waals surface area contributed by atoms with E-state index in [0.29, 0.717) is 6.42 Å². The van der Waals surface area contributed by atoms with Crippen LogP contribution in [-0.4, -0.2) is 11.7 Å². The lowest BCUT2D eigenvalue weighted by atomic mass is 10.1. The summed E-state index contributed by atoms with van der Waals surface area (Å²) in [5.74, 6) is 0.771. The van der Waals surface area contributed by atoms with Crippen LogP contribution in [0.15, 0.2) is 0 Å². The fraction of sp³-hybridized carbons (Fsp3) is 0.667. The second-order valence-corrected chi connectivity index (χ2v) is 1.54. The van der Waals surface area contributed by atoms with Crippen molar-refractivity contribution in [3.8, 4) is 6.07 Å². The van der Waals surface area contributed by atoms with E-state index in [9.17, 15) is 0 Å². The first kappa shape index (κ1) is 7.45. The predicted molar refractivity (Wildman–Crippen MR) is 30.8 cm³/mol. The smallest absolute Gasteiger partial charge is 0.0779 e. The van der Waals surface area contributed by atoms with Crippen molar-refractivity contribution < 1.29 is 5.11 Å². The van der Waals surface area contributed by atoms with Gasteiger partial charge >= 0.3 is 0 Å². The van der Waals surface area contributed by atoms with Gasteiger partial charge < -0.3 is 5.11 Å². The lowest BCUT2D eigenvalue weighted by Gasteiger charge is -1.97. The fourth-order valence-corrected chi connectivity index (χ4v) is 0.447. The lowest BCUT2D eigenvalue weighted by Crippen LogP contribution is -1.94. The Balaban J connectivity index is 3.26. The maximum Gasteiger partial charge on any atom is 0.0779 e. The van der Waals surface area contributed by atoms with Gasteiger partial charge in [0, 0.05) is 6.61 Å². The minimum atomic E-state index is 0.0940. The van der Waals surface area contributed by atoms with Crippen molar-refractivity contribution in [1.29, 1.82) is 5.26 Å². The molecule has 0 atom stereocenters. The Morgan fingerprint density at radius 1 is 1.75 bits per heavy atom. The zero-order valence-corrected chi connectivity index (χ0v) is 5.02. The van der Waals surface area contributed by atoms with Gasteiger partial charge in [-0.25, -0.2) is 0 Å². The van der Waals surface area contributed by atoms with Gasteiger partial charge in [0.15, 0.2) is 0 Å². The van der Waals surface area contributed by atoms with Gasteiger partial charge in [-0.15, -0.1) is 0 Å². The average molecular weight is 112 g/mol. The van der Waals surface area contributed by atoms with Gasteiger partial charge in [0.25, 0.3) is 0 Å². The van der Waals surface area contributed by atoms with Gasteiger partial charge in [-0.05, 0) is 12.8 Å². The van der Waals surface area contributed by atoms with Crippen LogP contribution in [0.2, 0.25) is 0 Å². The van der Waals surface area contributed by atoms with Crippen molar-refractivity contribution in [2.24, 2.45) is 0 Å². The highest BCUT2D eigenvalue weighted by Crippen LogP contribution is 2.06. The second-order valence-electron chi connectivity index (χ2n) is 1.54. The fourth-order valence-electron chi connectivity index (χ4n) is 0.447. The Labute approximate surface area is 49.8 Å².